The summed E-state index contributed by atoms with van der Waals surface area (Å²) in [5.74, 6) is 0.588. The van der Waals surface area contributed by atoms with Crippen LogP contribution >= 0.6 is 0 Å². The van der Waals surface area contributed by atoms with E-state index in [0.717, 1.165) is 11.1 Å². The molecule has 2 aromatic rings. The molecule has 7 nitrogen and oxygen atoms in total. The monoisotopic (exact) mass is 310 g/mol. The topological polar surface area (TPSA) is 110 Å². The molecule has 4 N–H and O–H groups in total. The number of methoxy groups -OCH3 is 1. The summed E-state index contributed by atoms with van der Waals surface area (Å²) in [5.41, 5.74) is 7.72. The first-order chi connectivity index (χ1) is 9.89. The molecule has 0 aliphatic carbocycles. The maximum atomic E-state index is 12.5. The Morgan fingerprint density at radius 1 is 1.43 bits per heavy atom. The lowest BCUT2D eigenvalue weighted by Gasteiger charge is -2.13. The molecular weight excluding hydrogens is 292 g/mol. The molecule has 114 valence electrons. The number of aromatic amines is 1. The van der Waals surface area contributed by atoms with Gasteiger partial charge in [-0.05, 0) is 31.0 Å². The average molecular weight is 310 g/mol. The summed E-state index contributed by atoms with van der Waals surface area (Å²) in [6, 6.07) is 2.98. The van der Waals surface area contributed by atoms with Gasteiger partial charge < -0.3 is 10.5 Å². The highest BCUT2D eigenvalue weighted by atomic mass is 32.2. The zero-order valence-electron chi connectivity index (χ0n) is 12.1. The first-order valence-corrected chi connectivity index (χ1v) is 7.86. The number of nitrogens with two attached hydrogens (primary N) is 1. The van der Waals surface area contributed by atoms with Crippen molar-refractivity contribution in [3.63, 3.8) is 0 Å². The van der Waals surface area contributed by atoms with Gasteiger partial charge in [0, 0.05) is 11.3 Å². The number of anilines is 2. The van der Waals surface area contributed by atoms with E-state index in [1.807, 2.05) is 6.92 Å². The molecule has 0 radical (unpaired) electrons. The molecule has 0 saturated heterocycles. The lowest BCUT2D eigenvalue weighted by molar-refractivity contribution is 0.402. The maximum absolute atomic E-state index is 12.5. The van der Waals surface area contributed by atoms with Crippen molar-refractivity contribution in [2.24, 2.45) is 0 Å². The minimum Gasteiger partial charge on any atom is -0.495 e. The molecule has 0 aliphatic heterocycles. The van der Waals surface area contributed by atoms with Gasteiger partial charge in [0.1, 0.15) is 16.5 Å². The second-order valence-corrected chi connectivity index (χ2v) is 6.24. The van der Waals surface area contributed by atoms with Gasteiger partial charge in [0.05, 0.1) is 13.3 Å². The molecule has 21 heavy (non-hydrogen) atoms. The summed E-state index contributed by atoms with van der Waals surface area (Å²) >= 11 is 0. The third-order valence-electron chi connectivity index (χ3n) is 3.18. The summed E-state index contributed by atoms with van der Waals surface area (Å²) < 4.78 is 32.6. The molecule has 0 unspecified atom stereocenters. The number of rotatable bonds is 5. The molecule has 0 atom stereocenters. The summed E-state index contributed by atoms with van der Waals surface area (Å²) in [5, 5.41) is 6.47. The van der Waals surface area contributed by atoms with Gasteiger partial charge in [-0.1, -0.05) is 6.92 Å². The molecule has 1 aromatic carbocycles. The standard InChI is InChI=1S/C13H18N4O3S/c1-4-9-7-15-16-13(9)17-21(18,19)12-6-10(14)8(2)5-11(12)20-3/h5-7H,4,14H2,1-3H3,(H2,15,16,17). The number of nitrogens with one attached hydrogen (secondary N) is 2. The number of hydrogen-bond acceptors (Lipinski definition) is 5. The number of ether oxygens (including phenoxy) is 1. The molecule has 0 fully saturated rings. The van der Waals surface area contributed by atoms with E-state index in [1.54, 1.807) is 19.2 Å². The van der Waals surface area contributed by atoms with Crippen molar-refractivity contribution in [2.75, 3.05) is 17.6 Å². The SMILES string of the molecule is CCc1cn[nH]c1NS(=O)(=O)c1cc(N)c(C)cc1OC. The van der Waals surface area contributed by atoms with Crippen molar-refractivity contribution in [3.8, 4) is 5.75 Å². The Morgan fingerprint density at radius 3 is 2.76 bits per heavy atom. The Morgan fingerprint density at radius 2 is 2.14 bits per heavy atom. The Labute approximate surface area is 123 Å². The highest BCUT2D eigenvalue weighted by Gasteiger charge is 2.22. The van der Waals surface area contributed by atoms with E-state index < -0.39 is 10.0 Å². The third kappa shape index (κ3) is 2.94. The van der Waals surface area contributed by atoms with Crippen molar-refractivity contribution < 1.29 is 13.2 Å². The number of sulfonamides is 1. The second-order valence-electron chi connectivity index (χ2n) is 4.59. The fraction of sp³-hybridized carbons (Fsp3) is 0.308. The van der Waals surface area contributed by atoms with E-state index in [4.69, 9.17) is 10.5 Å². The molecule has 1 heterocycles. The van der Waals surface area contributed by atoms with Gasteiger partial charge in [-0.2, -0.15) is 5.10 Å². The molecule has 1 aromatic heterocycles. The number of aryl methyl sites for hydroxylation is 2. The van der Waals surface area contributed by atoms with Crippen molar-refractivity contribution in [3.05, 3.63) is 29.5 Å². The van der Waals surface area contributed by atoms with Crippen LogP contribution in [0.5, 0.6) is 5.75 Å². The Balaban J connectivity index is 2.47. The van der Waals surface area contributed by atoms with E-state index in [0.29, 0.717) is 17.9 Å². The highest BCUT2D eigenvalue weighted by Crippen LogP contribution is 2.30. The van der Waals surface area contributed by atoms with E-state index in [-0.39, 0.29) is 10.6 Å². The first-order valence-electron chi connectivity index (χ1n) is 6.38. The Bertz CT molecular complexity index is 753. The van der Waals surface area contributed by atoms with Crippen LogP contribution in [0.1, 0.15) is 18.1 Å². The van der Waals surface area contributed by atoms with Gasteiger partial charge >= 0.3 is 0 Å². The lowest BCUT2D eigenvalue weighted by atomic mass is 10.2. The van der Waals surface area contributed by atoms with E-state index >= 15 is 0 Å². The van der Waals surface area contributed by atoms with Crippen LogP contribution in [0.15, 0.2) is 23.2 Å². The zero-order chi connectivity index (χ0) is 15.6. The molecule has 8 heteroatoms. The first kappa shape index (κ1) is 15.2. The van der Waals surface area contributed by atoms with Crippen molar-refractivity contribution >= 4 is 21.5 Å². The van der Waals surface area contributed by atoms with Gasteiger partial charge in [0.25, 0.3) is 10.0 Å². The predicted octanol–water partition coefficient (Wildman–Crippen LogP) is 1.67. The Kier molecular flexibility index (Phi) is 4.08. The van der Waals surface area contributed by atoms with Crippen LogP contribution in [0.2, 0.25) is 0 Å². The number of hydrogen-bond donors (Lipinski definition) is 3. The number of nitrogen functional groups attached to an aromatic ring is 1. The minimum atomic E-state index is -3.82. The summed E-state index contributed by atoms with van der Waals surface area (Å²) in [7, 11) is -2.41. The van der Waals surface area contributed by atoms with Crippen molar-refractivity contribution in [1.29, 1.82) is 0 Å². The van der Waals surface area contributed by atoms with Crippen molar-refractivity contribution in [2.45, 2.75) is 25.2 Å². The molecule has 0 bridgehead atoms. The number of nitrogens with zero attached hydrogens (tertiary/aromatic N) is 1. The number of aromatic nitrogens is 2. The van der Waals surface area contributed by atoms with Crippen LogP contribution in [0.4, 0.5) is 11.5 Å². The molecule has 0 saturated carbocycles. The Hall–Kier alpha value is -2.22. The van der Waals surface area contributed by atoms with E-state index in [9.17, 15) is 8.42 Å². The zero-order valence-corrected chi connectivity index (χ0v) is 12.9. The molecular formula is C13H18N4O3S. The van der Waals surface area contributed by atoms with Crippen LogP contribution in [-0.4, -0.2) is 25.7 Å². The molecule has 0 spiro atoms. The van der Waals surface area contributed by atoms with E-state index in [2.05, 4.69) is 14.9 Å². The average Bonchev–Trinajstić information content (AvgIpc) is 2.87. The smallest absolute Gasteiger partial charge is 0.266 e. The normalized spacial score (nSPS) is 11.4. The molecule has 0 amide bonds. The fourth-order valence-electron chi connectivity index (χ4n) is 1.90. The van der Waals surface area contributed by atoms with Crippen LogP contribution in [-0.2, 0) is 16.4 Å². The number of benzene rings is 1. The molecule has 2 rings (SSSR count). The quantitative estimate of drug-likeness (QED) is 0.728. The number of H-pyrrole nitrogens is 1. The van der Waals surface area contributed by atoms with Crippen LogP contribution < -0.4 is 15.2 Å². The highest BCUT2D eigenvalue weighted by molar-refractivity contribution is 7.92. The van der Waals surface area contributed by atoms with Gasteiger partial charge in [0.2, 0.25) is 0 Å². The summed E-state index contributed by atoms with van der Waals surface area (Å²) in [6.07, 6.45) is 2.24. The van der Waals surface area contributed by atoms with Gasteiger partial charge in [-0.25, -0.2) is 8.42 Å². The van der Waals surface area contributed by atoms with Crippen LogP contribution in [0.25, 0.3) is 0 Å². The van der Waals surface area contributed by atoms with Gasteiger partial charge in [0.15, 0.2) is 0 Å². The van der Waals surface area contributed by atoms with Crippen LogP contribution in [0, 0.1) is 6.92 Å². The van der Waals surface area contributed by atoms with E-state index in [1.165, 1.54) is 13.2 Å². The fourth-order valence-corrected chi connectivity index (χ4v) is 3.15. The lowest BCUT2D eigenvalue weighted by Crippen LogP contribution is -2.16. The largest absolute Gasteiger partial charge is 0.495 e. The van der Waals surface area contributed by atoms with Crippen LogP contribution in [0.3, 0.4) is 0 Å². The van der Waals surface area contributed by atoms with Gasteiger partial charge in [-0.15, -0.1) is 0 Å². The third-order valence-corrected chi connectivity index (χ3v) is 4.55. The van der Waals surface area contributed by atoms with Crippen molar-refractivity contribution in [1.82, 2.24) is 10.2 Å². The maximum Gasteiger partial charge on any atom is 0.266 e. The molecule has 0 aliphatic rings. The summed E-state index contributed by atoms with van der Waals surface area (Å²) in [6.45, 7) is 3.69. The van der Waals surface area contributed by atoms with Gasteiger partial charge in [-0.3, -0.25) is 9.82 Å². The summed E-state index contributed by atoms with van der Waals surface area (Å²) in [4.78, 5) is -0.00949. The second kappa shape index (κ2) is 5.65. The minimum absolute atomic E-state index is 0.00949. The predicted molar refractivity (Wildman–Crippen MR) is 80.9 cm³/mol.